The van der Waals surface area contributed by atoms with Crippen molar-refractivity contribution in [2.45, 2.75) is 13.5 Å². The second-order valence-corrected chi connectivity index (χ2v) is 5.50. The van der Waals surface area contributed by atoms with Crippen molar-refractivity contribution in [3.05, 3.63) is 54.3 Å². The van der Waals surface area contributed by atoms with Gasteiger partial charge in [-0.05, 0) is 42.8 Å². The zero-order chi connectivity index (χ0) is 16.5. The summed E-state index contributed by atoms with van der Waals surface area (Å²) in [5.74, 6) is 0.821. The number of imidazole rings is 1. The lowest BCUT2D eigenvalue weighted by molar-refractivity contribution is 0.786. The summed E-state index contributed by atoms with van der Waals surface area (Å²) in [5, 5.41) is 0.199. The molecule has 4 aromatic rings. The molecule has 0 radical (unpaired) electrons. The summed E-state index contributed by atoms with van der Waals surface area (Å²) in [4.78, 5) is 21.7. The highest BCUT2D eigenvalue weighted by Gasteiger charge is 2.18. The highest BCUT2D eigenvalue weighted by molar-refractivity contribution is 6.28. The maximum atomic E-state index is 6.17. The fourth-order valence-corrected chi connectivity index (χ4v) is 2.87. The standard InChI is InChI=1S/C17H13ClN6/c1-2-24-15(12-5-9-20-10-6-12)21-14-13(11-3-7-19-8-4-11)22-17(18)23-16(14)24/h3-10H,2H2,1H3. The zero-order valence-electron chi connectivity index (χ0n) is 12.9. The molecule has 0 aliphatic rings. The molecule has 0 aliphatic carbocycles. The number of aromatic nitrogens is 6. The molecule has 4 rings (SSSR count). The third-order valence-electron chi connectivity index (χ3n) is 3.78. The van der Waals surface area contributed by atoms with Gasteiger partial charge in [-0.3, -0.25) is 9.97 Å². The number of hydrogen-bond acceptors (Lipinski definition) is 5. The van der Waals surface area contributed by atoms with Crippen molar-refractivity contribution in [3.63, 3.8) is 0 Å². The van der Waals surface area contributed by atoms with Gasteiger partial charge in [0.2, 0.25) is 5.28 Å². The SMILES string of the molecule is CCn1c(-c2ccncc2)nc2c(-c3ccncc3)nc(Cl)nc21. The molecule has 7 heteroatoms. The summed E-state index contributed by atoms with van der Waals surface area (Å²) < 4.78 is 2.03. The van der Waals surface area contributed by atoms with Crippen molar-refractivity contribution < 1.29 is 0 Å². The highest BCUT2D eigenvalue weighted by atomic mass is 35.5. The number of hydrogen-bond donors (Lipinski definition) is 0. The minimum absolute atomic E-state index is 0.199. The van der Waals surface area contributed by atoms with Gasteiger partial charge in [-0.15, -0.1) is 0 Å². The number of halogens is 1. The van der Waals surface area contributed by atoms with Gasteiger partial charge in [0.1, 0.15) is 17.0 Å². The molecule has 0 saturated carbocycles. The molecule has 0 saturated heterocycles. The Hall–Kier alpha value is -2.86. The minimum Gasteiger partial charge on any atom is -0.309 e. The normalized spacial score (nSPS) is 11.1. The van der Waals surface area contributed by atoms with E-state index < -0.39 is 0 Å². The van der Waals surface area contributed by atoms with Gasteiger partial charge in [0.05, 0.1) is 0 Å². The lowest BCUT2D eigenvalue weighted by Crippen LogP contribution is -1.99. The van der Waals surface area contributed by atoms with E-state index in [2.05, 4.69) is 19.9 Å². The quantitative estimate of drug-likeness (QED) is 0.534. The number of aryl methyl sites for hydroxylation is 1. The molecule has 6 nitrogen and oxygen atoms in total. The van der Waals surface area contributed by atoms with E-state index in [1.165, 1.54) is 0 Å². The molecule has 4 heterocycles. The van der Waals surface area contributed by atoms with Crippen molar-refractivity contribution in [1.29, 1.82) is 0 Å². The minimum atomic E-state index is 0.199. The molecule has 0 amide bonds. The van der Waals surface area contributed by atoms with Crippen LogP contribution in [0.5, 0.6) is 0 Å². The maximum Gasteiger partial charge on any atom is 0.225 e. The molecule has 0 unspecified atom stereocenters. The van der Waals surface area contributed by atoms with Crippen molar-refractivity contribution in [1.82, 2.24) is 29.5 Å². The van der Waals surface area contributed by atoms with Crippen LogP contribution in [0.15, 0.2) is 49.1 Å². The first kappa shape index (κ1) is 14.7. The van der Waals surface area contributed by atoms with Crippen LogP contribution in [0.3, 0.4) is 0 Å². The Kier molecular flexibility index (Phi) is 3.66. The molecule has 0 aromatic carbocycles. The molecule has 0 fully saturated rings. The zero-order valence-corrected chi connectivity index (χ0v) is 13.6. The van der Waals surface area contributed by atoms with Crippen LogP contribution in [0.25, 0.3) is 33.8 Å². The Morgan fingerprint density at radius 1 is 0.875 bits per heavy atom. The van der Waals surface area contributed by atoms with Gasteiger partial charge in [-0.25, -0.2) is 9.97 Å². The number of rotatable bonds is 3. The Morgan fingerprint density at radius 2 is 1.50 bits per heavy atom. The molecule has 0 N–H and O–H groups in total. The maximum absolute atomic E-state index is 6.17. The lowest BCUT2D eigenvalue weighted by atomic mass is 10.2. The summed E-state index contributed by atoms with van der Waals surface area (Å²) in [6, 6.07) is 7.62. The third-order valence-corrected chi connectivity index (χ3v) is 3.94. The van der Waals surface area contributed by atoms with E-state index in [9.17, 15) is 0 Å². The van der Waals surface area contributed by atoms with Crippen LogP contribution in [0.1, 0.15) is 6.92 Å². The molecular weight excluding hydrogens is 324 g/mol. The molecular formula is C17H13ClN6. The van der Waals surface area contributed by atoms with E-state index in [0.29, 0.717) is 5.69 Å². The highest BCUT2D eigenvalue weighted by Crippen LogP contribution is 2.30. The smallest absolute Gasteiger partial charge is 0.225 e. The van der Waals surface area contributed by atoms with Crippen molar-refractivity contribution in [2.75, 3.05) is 0 Å². The van der Waals surface area contributed by atoms with Gasteiger partial charge in [-0.1, -0.05) is 0 Å². The van der Waals surface area contributed by atoms with Gasteiger partial charge in [0.15, 0.2) is 5.65 Å². The van der Waals surface area contributed by atoms with E-state index in [1.54, 1.807) is 24.8 Å². The first-order valence-electron chi connectivity index (χ1n) is 7.52. The molecule has 0 bridgehead atoms. The number of nitrogens with zero attached hydrogens (tertiary/aromatic N) is 6. The first-order valence-corrected chi connectivity index (χ1v) is 7.90. The molecule has 0 spiro atoms. The van der Waals surface area contributed by atoms with Crippen molar-refractivity contribution in [2.24, 2.45) is 0 Å². The summed E-state index contributed by atoms with van der Waals surface area (Å²) in [7, 11) is 0. The first-order chi connectivity index (χ1) is 11.8. The van der Waals surface area contributed by atoms with Gasteiger partial charge in [0.25, 0.3) is 0 Å². The predicted molar refractivity (Wildman–Crippen MR) is 92.5 cm³/mol. The molecule has 0 aliphatic heterocycles. The Labute approximate surface area is 143 Å². The van der Waals surface area contributed by atoms with E-state index >= 15 is 0 Å². The van der Waals surface area contributed by atoms with E-state index in [0.717, 1.165) is 34.7 Å². The number of pyridine rings is 2. The fraction of sp³-hybridized carbons (Fsp3) is 0.118. The van der Waals surface area contributed by atoms with Crippen LogP contribution in [-0.2, 0) is 6.54 Å². The summed E-state index contributed by atoms with van der Waals surface area (Å²) in [5.41, 5.74) is 4.02. The van der Waals surface area contributed by atoms with Crippen LogP contribution in [0.2, 0.25) is 5.28 Å². The number of fused-ring (bicyclic) bond motifs is 1. The second kappa shape index (κ2) is 5.98. The molecule has 0 atom stereocenters. The van der Waals surface area contributed by atoms with Gasteiger partial charge >= 0.3 is 0 Å². The lowest BCUT2D eigenvalue weighted by Gasteiger charge is -2.05. The van der Waals surface area contributed by atoms with Crippen molar-refractivity contribution in [3.8, 4) is 22.6 Å². The Morgan fingerprint density at radius 3 is 2.12 bits per heavy atom. The molecule has 24 heavy (non-hydrogen) atoms. The predicted octanol–water partition coefficient (Wildman–Crippen LogP) is 3.62. The van der Waals surface area contributed by atoms with Crippen LogP contribution < -0.4 is 0 Å². The largest absolute Gasteiger partial charge is 0.309 e. The van der Waals surface area contributed by atoms with Crippen LogP contribution in [0.4, 0.5) is 0 Å². The molecule has 4 aromatic heterocycles. The van der Waals surface area contributed by atoms with Crippen LogP contribution >= 0.6 is 11.6 Å². The van der Waals surface area contributed by atoms with Gasteiger partial charge in [0, 0.05) is 42.5 Å². The third kappa shape index (κ3) is 2.41. The van der Waals surface area contributed by atoms with Crippen LogP contribution in [-0.4, -0.2) is 29.5 Å². The monoisotopic (exact) mass is 336 g/mol. The Balaban J connectivity index is 2.05. The van der Waals surface area contributed by atoms with Gasteiger partial charge < -0.3 is 4.57 Å². The summed E-state index contributed by atoms with van der Waals surface area (Å²) in [6.07, 6.45) is 6.93. The summed E-state index contributed by atoms with van der Waals surface area (Å²) >= 11 is 6.17. The fourth-order valence-electron chi connectivity index (χ4n) is 2.71. The topological polar surface area (TPSA) is 69.4 Å². The van der Waals surface area contributed by atoms with Crippen molar-refractivity contribution >= 4 is 22.8 Å². The Bertz CT molecular complexity index is 998. The second-order valence-electron chi connectivity index (χ2n) is 5.16. The summed E-state index contributed by atoms with van der Waals surface area (Å²) in [6.45, 7) is 2.77. The van der Waals surface area contributed by atoms with E-state index in [-0.39, 0.29) is 5.28 Å². The average Bonchev–Trinajstić information content (AvgIpc) is 3.01. The van der Waals surface area contributed by atoms with E-state index in [1.807, 2.05) is 35.8 Å². The van der Waals surface area contributed by atoms with Gasteiger partial charge in [-0.2, -0.15) is 4.98 Å². The van der Waals surface area contributed by atoms with E-state index in [4.69, 9.17) is 16.6 Å². The average molecular weight is 337 g/mol. The molecule has 118 valence electrons. The van der Waals surface area contributed by atoms with Crippen LogP contribution in [0, 0.1) is 0 Å².